The zero-order valence-corrected chi connectivity index (χ0v) is 11.5. The standard InChI is InChI=1S/C13H13N5S/c1-8-5-9(2)16-13(15-8)18-6-11(14)12(17-18)10-3-4-19-7-10/h3-7H,14H2,1-2H3. The van der Waals surface area contributed by atoms with Gasteiger partial charge in [-0.3, -0.25) is 0 Å². The fraction of sp³-hybridized carbons (Fsp3) is 0.154. The first-order chi connectivity index (χ1) is 9.13. The van der Waals surface area contributed by atoms with Crippen LogP contribution in [0.4, 0.5) is 5.69 Å². The Labute approximate surface area is 114 Å². The lowest BCUT2D eigenvalue weighted by Crippen LogP contribution is -2.04. The summed E-state index contributed by atoms with van der Waals surface area (Å²) in [7, 11) is 0. The fourth-order valence-corrected chi connectivity index (χ4v) is 2.56. The van der Waals surface area contributed by atoms with E-state index in [0.29, 0.717) is 11.6 Å². The summed E-state index contributed by atoms with van der Waals surface area (Å²) in [5.74, 6) is 0.547. The molecule has 0 unspecified atom stereocenters. The second-order valence-electron chi connectivity index (χ2n) is 4.34. The minimum atomic E-state index is 0.547. The molecule has 3 heterocycles. The maximum Gasteiger partial charge on any atom is 0.251 e. The molecule has 0 bridgehead atoms. The van der Waals surface area contributed by atoms with Gasteiger partial charge >= 0.3 is 0 Å². The molecule has 0 aliphatic carbocycles. The van der Waals surface area contributed by atoms with E-state index in [9.17, 15) is 0 Å². The average molecular weight is 271 g/mol. The van der Waals surface area contributed by atoms with Gasteiger partial charge in [0.25, 0.3) is 5.95 Å². The molecule has 6 heteroatoms. The summed E-state index contributed by atoms with van der Waals surface area (Å²) in [5, 5.41) is 8.50. The van der Waals surface area contributed by atoms with Gasteiger partial charge in [-0.1, -0.05) is 0 Å². The van der Waals surface area contributed by atoms with E-state index in [4.69, 9.17) is 5.73 Å². The van der Waals surface area contributed by atoms with Gasteiger partial charge in [0.05, 0.1) is 11.9 Å². The first kappa shape index (κ1) is 11.9. The Morgan fingerprint density at radius 2 is 1.95 bits per heavy atom. The van der Waals surface area contributed by atoms with Crippen LogP contribution in [0, 0.1) is 13.8 Å². The summed E-state index contributed by atoms with van der Waals surface area (Å²) >= 11 is 1.62. The number of nitrogen functional groups attached to an aromatic ring is 1. The summed E-state index contributed by atoms with van der Waals surface area (Å²) in [4.78, 5) is 8.75. The molecule has 0 saturated heterocycles. The molecule has 0 aliphatic rings. The highest BCUT2D eigenvalue weighted by Crippen LogP contribution is 2.26. The van der Waals surface area contributed by atoms with Crippen molar-refractivity contribution in [2.45, 2.75) is 13.8 Å². The molecular formula is C13H13N5S. The van der Waals surface area contributed by atoms with Crippen molar-refractivity contribution in [1.82, 2.24) is 19.7 Å². The Morgan fingerprint density at radius 3 is 2.58 bits per heavy atom. The fourth-order valence-electron chi connectivity index (χ4n) is 1.92. The third kappa shape index (κ3) is 2.22. The summed E-state index contributed by atoms with van der Waals surface area (Å²) in [6.07, 6.45) is 1.75. The molecule has 2 N–H and O–H groups in total. The van der Waals surface area contributed by atoms with Crippen molar-refractivity contribution in [3.63, 3.8) is 0 Å². The molecule has 96 valence electrons. The number of hydrogen-bond donors (Lipinski definition) is 1. The van der Waals surface area contributed by atoms with E-state index in [1.165, 1.54) is 0 Å². The van der Waals surface area contributed by atoms with E-state index in [-0.39, 0.29) is 0 Å². The second-order valence-corrected chi connectivity index (χ2v) is 5.12. The molecule has 3 aromatic heterocycles. The number of nitrogens with zero attached hydrogens (tertiary/aromatic N) is 4. The van der Waals surface area contributed by atoms with E-state index >= 15 is 0 Å². The van der Waals surface area contributed by atoms with Crippen LogP contribution in [0.3, 0.4) is 0 Å². The molecule has 0 spiro atoms. The highest BCUT2D eigenvalue weighted by atomic mass is 32.1. The number of anilines is 1. The third-order valence-electron chi connectivity index (χ3n) is 2.71. The summed E-state index contributed by atoms with van der Waals surface area (Å²) in [6, 6.07) is 3.92. The van der Waals surface area contributed by atoms with Crippen molar-refractivity contribution in [3.8, 4) is 17.2 Å². The summed E-state index contributed by atoms with van der Waals surface area (Å²) in [5.41, 5.74) is 10.2. The SMILES string of the molecule is Cc1cc(C)nc(-n2cc(N)c(-c3ccsc3)n2)n1. The monoisotopic (exact) mass is 271 g/mol. The number of aromatic nitrogens is 4. The average Bonchev–Trinajstić information content (AvgIpc) is 2.96. The van der Waals surface area contributed by atoms with Crippen molar-refractivity contribution in [2.24, 2.45) is 0 Å². The molecule has 19 heavy (non-hydrogen) atoms. The first-order valence-electron chi connectivity index (χ1n) is 5.84. The van der Waals surface area contributed by atoms with Crippen LogP contribution in [-0.2, 0) is 0 Å². The molecule has 3 rings (SSSR count). The largest absolute Gasteiger partial charge is 0.396 e. The van der Waals surface area contributed by atoms with E-state index in [0.717, 1.165) is 22.6 Å². The molecular weight excluding hydrogens is 258 g/mol. The summed E-state index contributed by atoms with van der Waals surface area (Å²) < 4.78 is 1.63. The Balaban J connectivity index is 2.09. The van der Waals surface area contributed by atoms with Crippen molar-refractivity contribution in [1.29, 1.82) is 0 Å². The van der Waals surface area contributed by atoms with Crippen molar-refractivity contribution < 1.29 is 0 Å². The maximum atomic E-state index is 6.01. The number of rotatable bonds is 2. The number of aryl methyl sites for hydroxylation is 2. The number of thiophene rings is 1. The first-order valence-corrected chi connectivity index (χ1v) is 6.78. The highest BCUT2D eigenvalue weighted by Gasteiger charge is 2.11. The lowest BCUT2D eigenvalue weighted by molar-refractivity contribution is 0.796. The smallest absolute Gasteiger partial charge is 0.251 e. The van der Waals surface area contributed by atoms with Crippen LogP contribution in [0.2, 0.25) is 0 Å². The molecule has 0 saturated carbocycles. The van der Waals surface area contributed by atoms with Crippen molar-refractivity contribution in [2.75, 3.05) is 5.73 Å². The van der Waals surface area contributed by atoms with Crippen LogP contribution < -0.4 is 5.73 Å². The Morgan fingerprint density at radius 1 is 1.21 bits per heavy atom. The molecule has 0 radical (unpaired) electrons. The Kier molecular flexibility index (Phi) is 2.79. The molecule has 5 nitrogen and oxygen atoms in total. The van der Waals surface area contributed by atoms with E-state index in [2.05, 4.69) is 15.1 Å². The Bertz CT molecular complexity index is 694. The maximum absolute atomic E-state index is 6.01. The predicted molar refractivity (Wildman–Crippen MR) is 76.4 cm³/mol. The second kappa shape index (κ2) is 4.47. The molecule has 0 aliphatic heterocycles. The van der Waals surface area contributed by atoms with Crippen LogP contribution in [0.25, 0.3) is 17.2 Å². The topological polar surface area (TPSA) is 69.6 Å². The van der Waals surface area contributed by atoms with E-state index in [1.807, 2.05) is 36.7 Å². The van der Waals surface area contributed by atoms with Crippen LogP contribution >= 0.6 is 11.3 Å². The molecule has 0 aromatic carbocycles. The minimum Gasteiger partial charge on any atom is -0.396 e. The Hall–Kier alpha value is -2.21. The van der Waals surface area contributed by atoms with Gasteiger partial charge in [0.15, 0.2) is 0 Å². The van der Waals surface area contributed by atoms with Crippen molar-refractivity contribution >= 4 is 17.0 Å². The van der Waals surface area contributed by atoms with E-state index in [1.54, 1.807) is 22.2 Å². The molecule has 0 amide bonds. The van der Waals surface area contributed by atoms with Crippen LogP contribution in [0.15, 0.2) is 29.1 Å². The predicted octanol–water partition coefficient (Wildman–Crippen LogP) is 2.59. The minimum absolute atomic E-state index is 0.547. The van der Waals surface area contributed by atoms with Gasteiger partial charge < -0.3 is 5.73 Å². The zero-order chi connectivity index (χ0) is 13.4. The van der Waals surface area contributed by atoms with Gasteiger partial charge in [0, 0.05) is 22.3 Å². The van der Waals surface area contributed by atoms with Crippen LogP contribution in [-0.4, -0.2) is 19.7 Å². The lowest BCUT2D eigenvalue weighted by Gasteiger charge is -2.02. The van der Waals surface area contributed by atoms with E-state index < -0.39 is 0 Å². The quantitative estimate of drug-likeness (QED) is 0.777. The number of nitrogens with two attached hydrogens (primary N) is 1. The normalized spacial score (nSPS) is 10.8. The van der Waals surface area contributed by atoms with Crippen LogP contribution in [0.5, 0.6) is 0 Å². The lowest BCUT2D eigenvalue weighted by atomic mass is 10.2. The van der Waals surface area contributed by atoms with Crippen LogP contribution in [0.1, 0.15) is 11.4 Å². The summed E-state index contributed by atoms with van der Waals surface area (Å²) in [6.45, 7) is 3.87. The van der Waals surface area contributed by atoms with Gasteiger partial charge in [0.1, 0.15) is 5.69 Å². The molecule has 0 atom stereocenters. The number of hydrogen-bond acceptors (Lipinski definition) is 5. The van der Waals surface area contributed by atoms with Gasteiger partial charge in [-0.05, 0) is 31.4 Å². The van der Waals surface area contributed by atoms with Gasteiger partial charge in [-0.15, -0.1) is 0 Å². The molecule has 0 fully saturated rings. The third-order valence-corrected chi connectivity index (χ3v) is 3.40. The van der Waals surface area contributed by atoms with Gasteiger partial charge in [-0.2, -0.15) is 16.4 Å². The van der Waals surface area contributed by atoms with Crippen molar-refractivity contribution in [3.05, 3.63) is 40.5 Å². The van der Waals surface area contributed by atoms with Gasteiger partial charge in [0.2, 0.25) is 0 Å². The highest BCUT2D eigenvalue weighted by molar-refractivity contribution is 7.08. The van der Waals surface area contributed by atoms with Gasteiger partial charge in [-0.25, -0.2) is 14.6 Å². The molecule has 3 aromatic rings. The zero-order valence-electron chi connectivity index (χ0n) is 10.7.